The molecule has 5 heteroatoms. The number of benzene rings is 1. The summed E-state index contributed by atoms with van der Waals surface area (Å²) in [6.45, 7) is 4.93. The molecule has 0 aliphatic carbocycles. The predicted octanol–water partition coefficient (Wildman–Crippen LogP) is 2.31. The molecule has 0 fully saturated rings. The second kappa shape index (κ2) is 8.43. The largest absolute Gasteiger partial charge is 0.493 e. The summed E-state index contributed by atoms with van der Waals surface area (Å²) in [4.78, 5) is 12.0. The van der Waals surface area contributed by atoms with Gasteiger partial charge in [0.05, 0.1) is 20.8 Å². The van der Waals surface area contributed by atoms with Crippen LogP contribution >= 0.6 is 0 Å². The molecule has 0 aromatic heterocycles. The maximum absolute atomic E-state index is 12.0. The first-order valence-corrected chi connectivity index (χ1v) is 6.79. The molecular formula is C15H23NO4. The Labute approximate surface area is 120 Å². The quantitative estimate of drug-likeness (QED) is 0.741. The van der Waals surface area contributed by atoms with Crippen LogP contribution in [0.3, 0.4) is 0 Å². The Kier molecular flexibility index (Phi) is 6.87. The van der Waals surface area contributed by atoms with Crippen molar-refractivity contribution in [1.29, 1.82) is 0 Å². The fourth-order valence-electron chi connectivity index (χ4n) is 1.88. The van der Waals surface area contributed by atoms with Gasteiger partial charge < -0.3 is 19.5 Å². The van der Waals surface area contributed by atoms with Gasteiger partial charge in [0.2, 0.25) is 0 Å². The molecule has 1 atom stereocenters. The van der Waals surface area contributed by atoms with Crippen molar-refractivity contribution in [3.63, 3.8) is 0 Å². The maximum atomic E-state index is 12.0. The van der Waals surface area contributed by atoms with Gasteiger partial charge in [0.1, 0.15) is 6.04 Å². The van der Waals surface area contributed by atoms with Crippen LogP contribution in [0, 0.1) is 0 Å². The number of hydrogen-bond acceptors (Lipinski definition) is 5. The van der Waals surface area contributed by atoms with Gasteiger partial charge in [-0.3, -0.25) is 0 Å². The Morgan fingerprint density at radius 2 is 1.90 bits per heavy atom. The zero-order valence-corrected chi connectivity index (χ0v) is 12.6. The first kappa shape index (κ1) is 16.3. The molecular weight excluding hydrogens is 258 g/mol. The summed E-state index contributed by atoms with van der Waals surface area (Å²) in [5.41, 5.74) is 0.801. The van der Waals surface area contributed by atoms with Crippen molar-refractivity contribution in [1.82, 2.24) is 5.32 Å². The second-order valence-electron chi connectivity index (χ2n) is 4.25. The molecule has 0 spiro atoms. The minimum Gasteiger partial charge on any atom is -0.493 e. The lowest BCUT2D eigenvalue weighted by molar-refractivity contribution is -0.145. The Balaban J connectivity index is 3.03. The molecule has 0 radical (unpaired) electrons. The topological polar surface area (TPSA) is 56.8 Å². The number of rotatable bonds is 8. The first-order valence-electron chi connectivity index (χ1n) is 6.79. The van der Waals surface area contributed by atoms with Crippen LogP contribution in [-0.2, 0) is 9.53 Å². The fourth-order valence-corrected chi connectivity index (χ4v) is 1.88. The number of ether oxygens (including phenoxy) is 3. The number of carbonyl (C=O) groups is 1. The summed E-state index contributed by atoms with van der Waals surface area (Å²) in [6, 6.07) is 4.93. The fraction of sp³-hybridized carbons (Fsp3) is 0.533. The van der Waals surface area contributed by atoms with E-state index >= 15 is 0 Å². The molecule has 1 rings (SSSR count). The SMILES string of the molecule is CCCNC(C(=O)OCC)c1ccc(OC)c(OC)c1. The highest BCUT2D eigenvalue weighted by atomic mass is 16.5. The number of methoxy groups -OCH3 is 2. The predicted molar refractivity (Wildman–Crippen MR) is 77.2 cm³/mol. The van der Waals surface area contributed by atoms with E-state index in [1.165, 1.54) is 0 Å². The number of hydrogen-bond donors (Lipinski definition) is 1. The third-order valence-corrected chi connectivity index (χ3v) is 2.86. The summed E-state index contributed by atoms with van der Waals surface area (Å²) in [6.07, 6.45) is 0.934. The molecule has 1 aromatic rings. The highest BCUT2D eigenvalue weighted by molar-refractivity contribution is 5.78. The van der Waals surface area contributed by atoms with Gasteiger partial charge in [-0.05, 0) is 37.6 Å². The smallest absolute Gasteiger partial charge is 0.327 e. The lowest BCUT2D eigenvalue weighted by atomic mass is 10.1. The zero-order chi connectivity index (χ0) is 15.0. The molecule has 0 saturated carbocycles. The number of nitrogens with one attached hydrogen (secondary N) is 1. The van der Waals surface area contributed by atoms with E-state index < -0.39 is 6.04 Å². The van der Waals surface area contributed by atoms with Crippen LogP contribution in [0.25, 0.3) is 0 Å². The van der Waals surface area contributed by atoms with Gasteiger partial charge in [-0.1, -0.05) is 13.0 Å². The summed E-state index contributed by atoms with van der Waals surface area (Å²) >= 11 is 0. The van der Waals surface area contributed by atoms with Gasteiger partial charge in [0.15, 0.2) is 11.5 Å². The van der Waals surface area contributed by atoms with Gasteiger partial charge >= 0.3 is 5.97 Å². The van der Waals surface area contributed by atoms with Crippen molar-refractivity contribution in [2.45, 2.75) is 26.3 Å². The van der Waals surface area contributed by atoms with E-state index in [0.29, 0.717) is 18.1 Å². The highest BCUT2D eigenvalue weighted by Gasteiger charge is 2.22. The van der Waals surface area contributed by atoms with E-state index in [1.807, 2.05) is 13.0 Å². The molecule has 1 unspecified atom stereocenters. The van der Waals surface area contributed by atoms with Gasteiger partial charge in [-0.25, -0.2) is 4.79 Å². The molecule has 20 heavy (non-hydrogen) atoms. The Morgan fingerprint density at radius 1 is 1.20 bits per heavy atom. The molecule has 5 nitrogen and oxygen atoms in total. The molecule has 0 heterocycles. The van der Waals surface area contributed by atoms with Crippen molar-refractivity contribution in [3.05, 3.63) is 23.8 Å². The third-order valence-electron chi connectivity index (χ3n) is 2.86. The van der Waals surface area contributed by atoms with Crippen LogP contribution in [0.15, 0.2) is 18.2 Å². The van der Waals surface area contributed by atoms with E-state index in [9.17, 15) is 4.79 Å². The van der Waals surface area contributed by atoms with Gasteiger partial charge in [-0.2, -0.15) is 0 Å². The maximum Gasteiger partial charge on any atom is 0.327 e. The lowest BCUT2D eigenvalue weighted by Crippen LogP contribution is -2.30. The minimum absolute atomic E-state index is 0.284. The van der Waals surface area contributed by atoms with Crippen molar-refractivity contribution >= 4 is 5.97 Å². The van der Waals surface area contributed by atoms with E-state index in [-0.39, 0.29) is 5.97 Å². The molecule has 112 valence electrons. The summed E-state index contributed by atoms with van der Waals surface area (Å²) in [5.74, 6) is 0.945. The lowest BCUT2D eigenvalue weighted by Gasteiger charge is -2.18. The molecule has 0 saturated heterocycles. The normalized spacial score (nSPS) is 11.8. The molecule has 1 aromatic carbocycles. The van der Waals surface area contributed by atoms with Crippen LogP contribution in [-0.4, -0.2) is 33.3 Å². The van der Waals surface area contributed by atoms with Crippen LogP contribution in [0.5, 0.6) is 11.5 Å². The Bertz CT molecular complexity index is 434. The van der Waals surface area contributed by atoms with Crippen molar-refractivity contribution in [2.75, 3.05) is 27.4 Å². The standard InChI is InChI=1S/C15H23NO4/c1-5-9-16-14(15(17)20-6-2)11-7-8-12(18-3)13(10-11)19-4/h7-8,10,14,16H,5-6,9H2,1-4H3. The minimum atomic E-state index is -0.491. The Hall–Kier alpha value is -1.75. The average molecular weight is 281 g/mol. The average Bonchev–Trinajstić information content (AvgIpc) is 2.47. The van der Waals surface area contributed by atoms with Gasteiger partial charge in [0.25, 0.3) is 0 Å². The van der Waals surface area contributed by atoms with Crippen LogP contribution < -0.4 is 14.8 Å². The van der Waals surface area contributed by atoms with E-state index in [0.717, 1.165) is 18.5 Å². The summed E-state index contributed by atoms with van der Waals surface area (Å²) in [7, 11) is 3.15. The van der Waals surface area contributed by atoms with Crippen LogP contribution in [0.1, 0.15) is 31.9 Å². The second-order valence-corrected chi connectivity index (χ2v) is 4.25. The number of esters is 1. The third kappa shape index (κ3) is 4.13. The summed E-state index contributed by atoms with van der Waals surface area (Å²) < 4.78 is 15.6. The van der Waals surface area contributed by atoms with Crippen LogP contribution in [0.4, 0.5) is 0 Å². The van der Waals surface area contributed by atoms with E-state index in [4.69, 9.17) is 14.2 Å². The molecule has 1 N–H and O–H groups in total. The van der Waals surface area contributed by atoms with Crippen LogP contribution in [0.2, 0.25) is 0 Å². The van der Waals surface area contributed by atoms with E-state index in [2.05, 4.69) is 5.32 Å². The number of carbonyl (C=O) groups excluding carboxylic acids is 1. The zero-order valence-electron chi connectivity index (χ0n) is 12.6. The van der Waals surface area contributed by atoms with Gasteiger partial charge in [-0.15, -0.1) is 0 Å². The van der Waals surface area contributed by atoms with Crippen molar-refractivity contribution in [2.24, 2.45) is 0 Å². The van der Waals surface area contributed by atoms with Crippen molar-refractivity contribution in [3.8, 4) is 11.5 Å². The molecule has 0 bridgehead atoms. The highest BCUT2D eigenvalue weighted by Crippen LogP contribution is 2.30. The molecule has 0 aliphatic rings. The van der Waals surface area contributed by atoms with E-state index in [1.54, 1.807) is 33.3 Å². The molecule has 0 amide bonds. The Morgan fingerprint density at radius 3 is 2.45 bits per heavy atom. The summed E-state index contributed by atoms with van der Waals surface area (Å²) in [5, 5.41) is 3.19. The van der Waals surface area contributed by atoms with Crippen molar-refractivity contribution < 1.29 is 19.0 Å². The molecule has 0 aliphatic heterocycles. The first-order chi connectivity index (χ1) is 9.67. The monoisotopic (exact) mass is 281 g/mol. The van der Waals surface area contributed by atoms with Gasteiger partial charge in [0, 0.05) is 0 Å².